The van der Waals surface area contributed by atoms with Crippen LogP contribution in [0.3, 0.4) is 0 Å². The van der Waals surface area contributed by atoms with Gasteiger partial charge in [0.2, 0.25) is 0 Å². The molecule has 0 spiro atoms. The average molecular weight is 181 g/mol. The van der Waals surface area contributed by atoms with E-state index in [1.165, 1.54) is 6.33 Å². The smallest absolute Gasteiger partial charge is 0.320 e. The number of aromatic amines is 1. The van der Waals surface area contributed by atoms with E-state index < -0.39 is 12.0 Å². The molecule has 64 valence electrons. The van der Waals surface area contributed by atoms with Gasteiger partial charge in [0.05, 0.1) is 6.33 Å². The van der Waals surface area contributed by atoms with Crippen molar-refractivity contribution in [1.82, 2.24) is 9.97 Å². The first-order chi connectivity index (χ1) is 5.20. The standard InChI is InChI=1S/C6H9N3O2.Mg.2H/c7-5(6(10)11)1-4-2-8-3-9-4;;;/h2-3,5H,1,7H2,(H,8,9)(H,10,11);;;/t5-;;;/m0.../s1. The highest BCUT2D eigenvalue weighted by Crippen LogP contribution is 1.95. The number of carbonyl (C=O) groups is 1. The summed E-state index contributed by atoms with van der Waals surface area (Å²) in [5, 5.41) is 8.42. The van der Waals surface area contributed by atoms with Gasteiger partial charge in [0.1, 0.15) is 6.04 Å². The molecule has 0 saturated carbocycles. The maximum absolute atomic E-state index is 10.3. The number of carboxylic acid groups (broad SMARTS) is 1. The quantitative estimate of drug-likeness (QED) is 0.492. The number of nitrogens with zero attached hydrogens (tertiary/aromatic N) is 1. The summed E-state index contributed by atoms with van der Waals surface area (Å²) in [5.74, 6) is -1.00. The summed E-state index contributed by atoms with van der Waals surface area (Å²) < 4.78 is 0. The molecule has 0 amide bonds. The minimum atomic E-state index is -1.00. The van der Waals surface area contributed by atoms with Gasteiger partial charge in [0.25, 0.3) is 0 Å². The third-order valence-electron chi connectivity index (χ3n) is 1.31. The fraction of sp³-hybridized carbons (Fsp3) is 0.333. The van der Waals surface area contributed by atoms with Crippen LogP contribution in [0.4, 0.5) is 0 Å². The van der Waals surface area contributed by atoms with Crippen molar-refractivity contribution in [3.05, 3.63) is 18.2 Å². The second kappa shape index (κ2) is 5.12. The van der Waals surface area contributed by atoms with Gasteiger partial charge < -0.3 is 15.8 Å². The van der Waals surface area contributed by atoms with Gasteiger partial charge in [-0.15, -0.1) is 0 Å². The number of aromatic nitrogens is 2. The highest BCUT2D eigenvalue weighted by atomic mass is 24.3. The third-order valence-corrected chi connectivity index (χ3v) is 1.31. The Labute approximate surface area is 85.5 Å². The van der Waals surface area contributed by atoms with Gasteiger partial charge in [-0.25, -0.2) is 4.98 Å². The van der Waals surface area contributed by atoms with E-state index in [2.05, 4.69) is 9.97 Å². The molecule has 0 unspecified atom stereocenters. The molecular formula is C6H11MgN3O2. The Hall–Kier alpha value is -0.594. The second-order valence-corrected chi connectivity index (χ2v) is 2.23. The Morgan fingerprint density at radius 2 is 2.50 bits per heavy atom. The van der Waals surface area contributed by atoms with Crippen LogP contribution in [0, 0.1) is 0 Å². The number of carboxylic acids is 1. The lowest BCUT2D eigenvalue weighted by Crippen LogP contribution is -2.32. The van der Waals surface area contributed by atoms with Gasteiger partial charge in [-0.2, -0.15) is 0 Å². The van der Waals surface area contributed by atoms with Crippen molar-refractivity contribution >= 4 is 29.0 Å². The zero-order valence-electron chi connectivity index (χ0n) is 5.82. The fourth-order valence-corrected chi connectivity index (χ4v) is 0.721. The first kappa shape index (κ1) is 11.4. The van der Waals surface area contributed by atoms with Crippen molar-refractivity contribution in [3.63, 3.8) is 0 Å². The lowest BCUT2D eigenvalue weighted by molar-refractivity contribution is -0.138. The van der Waals surface area contributed by atoms with Crippen molar-refractivity contribution in [2.45, 2.75) is 12.5 Å². The molecule has 0 fully saturated rings. The summed E-state index contributed by atoms with van der Waals surface area (Å²) in [6, 6.07) is -0.851. The van der Waals surface area contributed by atoms with Crippen molar-refractivity contribution in [2.24, 2.45) is 5.73 Å². The van der Waals surface area contributed by atoms with Crippen LogP contribution in [-0.4, -0.2) is 50.1 Å². The zero-order chi connectivity index (χ0) is 8.27. The normalized spacial score (nSPS) is 11.8. The number of aliphatic carboxylic acids is 1. The Balaban J connectivity index is 0.00000121. The van der Waals surface area contributed by atoms with E-state index in [1.807, 2.05) is 0 Å². The minimum absolute atomic E-state index is 0. The molecule has 1 aromatic heterocycles. The van der Waals surface area contributed by atoms with E-state index in [1.54, 1.807) is 6.20 Å². The highest BCUT2D eigenvalue weighted by Gasteiger charge is 2.11. The number of H-pyrrole nitrogens is 1. The molecule has 1 heterocycles. The minimum Gasteiger partial charge on any atom is -0.480 e. The van der Waals surface area contributed by atoms with Crippen molar-refractivity contribution in [2.75, 3.05) is 0 Å². The van der Waals surface area contributed by atoms with Crippen molar-refractivity contribution < 1.29 is 9.90 Å². The molecule has 5 nitrogen and oxygen atoms in total. The van der Waals surface area contributed by atoms with E-state index in [-0.39, 0.29) is 29.5 Å². The summed E-state index contributed by atoms with van der Waals surface area (Å²) in [6.07, 6.45) is 3.34. The molecule has 0 aliphatic heterocycles. The van der Waals surface area contributed by atoms with Crippen LogP contribution in [0.1, 0.15) is 5.69 Å². The van der Waals surface area contributed by atoms with Crippen LogP contribution >= 0.6 is 0 Å². The topological polar surface area (TPSA) is 92.0 Å². The number of nitrogens with two attached hydrogens (primary N) is 1. The van der Waals surface area contributed by atoms with E-state index in [4.69, 9.17) is 10.8 Å². The van der Waals surface area contributed by atoms with Gasteiger partial charge in [-0.05, 0) is 0 Å². The first-order valence-corrected chi connectivity index (χ1v) is 3.16. The number of hydrogen-bond donors (Lipinski definition) is 3. The Morgan fingerprint density at radius 1 is 1.83 bits per heavy atom. The molecule has 0 saturated heterocycles. The van der Waals surface area contributed by atoms with Crippen molar-refractivity contribution in [1.29, 1.82) is 0 Å². The number of rotatable bonds is 3. The maximum Gasteiger partial charge on any atom is 0.320 e. The van der Waals surface area contributed by atoms with Gasteiger partial charge in [0, 0.05) is 18.3 Å². The zero-order valence-corrected chi connectivity index (χ0v) is 5.82. The summed E-state index contributed by atoms with van der Waals surface area (Å²) in [4.78, 5) is 16.8. The summed E-state index contributed by atoms with van der Waals surface area (Å²) in [6.45, 7) is 0. The van der Waals surface area contributed by atoms with Gasteiger partial charge in [-0.1, -0.05) is 0 Å². The van der Waals surface area contributed by atoms with E-state index in [9.17, 15) is 4.79 Å². The van der Waals surface area contributed by atoms with Gasteiger partial charge in [-0.3, -0.25) is 4.79 Å². The number of nitrogens with one attached hydrogen (secondary N) is 1. The molecule has 6 heteroatoms. The molecule has 1 rings (SSSR count). The van der Waals surface area contributed by atoms with Gasteiger partial charge in [0.15, 0.2) is 0 Å². The third kappa shape index (κ3) is 3.20. The first-order valence-electron chi connectivity index (χ1n) is 3.16. The molecule has 0 bridgehead atoms. The summed E-state index contributed by atoms with van der Waals surface area (Å²) in [5.41, 5.74) is 6.00. The molecular weight excluding hydrogens is 170 g/mol. The van der Waals surface area contributed by atoms with E-state index in [0.717, 1.165) is 5.69 Å². The maximum atomic E-state index is 10.3. The van der Waals surface area contributed by atoms with Gasteiger partial charge >= 0.3 is 29.0 Å². The molecule has 0 aromatic carbocycles. The van der Waals surface area contributed by atoms with Crippen LogP contribution in [0.25, 0.3) is 0 Å². The Bertz CT molecular complexity index is 237. The van der Waals surface area contributed by atoms with Crippen LogP contribution in [0.2, 0.25) is 0 Å². The monoisotopic (exact) mass is 181 g/mol. The average Bonchev–Trinajstić information content (AvgIpc) is 2.39. The largest absolute Gasteiger partial charge is 0.480 e. The molecule has 4 N–H and O–H groups in total. The number of imidazole rings is 1. The second-order valence-electron chi connectivity index (χ2n) is 2.23. The lowest BCUT2D eigenvalue weighted by Gasteiger charge is -2.02. The highest BCUT2D eigenvalue weighted by molar-refractivity contribution is 5.75. The van der Waals surface area contributed by atoms with Crippen LogP contribution in [0.5, 0.6) is 0 Å². The Kier molecular flexibility index (Phi) is 4.87. The molecule has 0 aliphatic rings. The molecule has 1 atom stereocenters. The predicted molar refractivity (Wildman–Crippen MR) is 46.4 cm³/mol. The number of hydrogen-bond acceptors (Lipinski definition) is 3. The summed E-state index contributed by atoms with van der Waals surface area (Å²) in [7, 11) is 0. The van der Waals surface area contributed by atoms with Crippen LogP contribution in [0.15, 0.2) is 12.5 Å². The van der Waals surface area contributed by atoms with Crippen molar-refractivity contribution in [3.8, 4) is 0 Å². The Morgan fingerprint density at radius 3 is 2.92 bits per heavy atom. The lowest BCUT2D eigenvalue weighted by atomic mass is 10.2. The predicted octanol–water partition coefficient (Wildman–Crippen LogP) is -1.55. The molecule has 0 aliphatic carbocycles. The molecule has 12 heavy (non-hydrogen) atoms. The fourth-order valence-electron chi connectivity index (χ4n) is 0.721. The summed E-state index contributed by atoms with van der Waals surface area (Å²) >= 11 is 0. The SMILES string of the molecule is N[C@@H](Cc1cnc[nH]1)C(=O)O.[MgH2]. The van der Waals surface area contributed by atoms with Crippen LogP contribution in [-0.2, 0) is 11.2 Å². The van der Waals surface area contributed by atoms with E-state index in [0.29, 0.717) is 0 Å². The van der Waals surface area contributed by atoms with E-state index >= 15 is 0 Å². The van der Waals surface area contributed by atoms with Crippen LogP contribution < -0.4 is 5.73 Å². The molecule has 0 radical (unpaired) electrons. The molecule has 1 aromatic rings.